The maximum absolute atomic E-state index is 12.8. The van der Waals surface area contributed by atoms with E-state index in [0.717, 1.165) is 24.1 Å². The van der Waals surface area contributed by atoms with Gasteiger partial charge in [0.1, 0.15) is 5.75 Å². The number of benzene rings is 2. The summed E-state index contributed by atoms with van der Waals surface area (Å²) in [6.45, 7) is 1.35. The van der Waals surface area contributed by atoms with Crippen molar-refractivity contribution < 1.29 is 9.90 Å². The molecule has 138 valence electrons. The Kier molecular flexibility index (Phi) is 4.67. The third-order valence-electron chi connectivity index (χ3n) is 5.26. The van der Waals surface area contributed by atoms with E-state index in [4.69, 9.17) is 5.10 Å². The first-order valence-corrected chi connectivity index (χ1v) is 9.28. The van der Waals surface area contributed by atoms with E-state index in [1.807, 2.05) is 40.9 Å². The molecule has 0 aliphatic carbocycles. The highest BCUT2D eigenvalue weighted by molar-refractivity contribution is 5.79. The van der Waals surface area contributed by atoms with Crippen molar-refractivity contribution in [1.29, 1.82) is 0 Å². The Morgan fingerprint density at radius 1 is 1.04 bits per heavy atom. The van der Waals surface area contributed by atoms with Crippen LogP contribution in [0.1, 0.15) is 16.8 Å². The van der Waals surface area contributed by atoms with Gasteiger partial charge in [-0.1, -0.05) is 48.5 Å². The monoisotopic (exact) mass is 361 g/mol. The molecule has 1 amide bonds. The van der Waals surface area contributed by atoms with Crippen LogP contribution < -0.4 is 0 Å². The molecule has 0 radical (unpaired) electrons. The van der Waals surface area contributed by atoms with Crippen molar-refractivity contribution in [2.45, 2.75) is 19.3 Å². The van der Waals surface area contributed by atoms with Crippen LogP contribution in [0.25, 0.3) is 11.3 Å². The second-order valence-corrected chi connectivity index (χ2v) is 6.95. The Labute approximate surface area is 158 Å². The Balaban J connectivity index is 1.54. The van der Waals surface area contributed by atoms with E-state index in [0.29, 0.717) is 18.7 Å². The van der Waals surface area contributed by atoms with Crippen molar-refractivity contribution >= 4 is 5.91 Å². The topological polar surface area (TPSA) is 58.4 Å². The lowest BCUT2D eigenvalue weighted by molar-refractivity contribution is -0.130. The minimum absolute atomic E-state index is 0.0542. The molecular formula is C22H23N3O2. The predicted octanol–water partition coefficient (Wildman–Crippen LogP) is 2.96. The van der Waals surface area contributed by atoms with E-state index in [-0.39, 0.29) is 18.1 Å². The lowest BCUT2D eigenvalue weighted by Gasteiger charge is -2.20. The molecule has 2 heterocycles. The van der Waals surface area contributed by atoms with Crippen molar-refractivity contribution in [1.82, 2.24) is 14.7 Å². The molecule has 0 fully saturated rings. The number of aryl methyl sites for hydroxylation is 1. The minimum atomic E-state index is 0.0542. The molecule has 3 aromatic rings. The first-order chi connectivity index (χ1) is 13.1. The average molecular weight is 361 g/mol. The van der Waals surface area contributed by atoms with E-state index in [1.54, 1.807) is 18.2 Å². The van der Waals surface area contributed by atoms with Crippen LogP contribution >= 0.6 is 0 Å². The standard InChI is InChI=1S/C22H23N3O2/c1-24-19-12-14-25(21(27)15-17-9-5-6-10-20(17)26)13-11-18(19)22(23-24)16-7-3-2-4-8-16/h2-10,26H,11-15H2,1H3. The summed E-state index contributed by atoms with van der Waals surface area (Å²) in [5, 5.41) is 14.7. The molecule has 0 bridgehead atoms. The van der Waals surface area contributed by atoms with Gasteiger partial charge in [-0.2, -0.15) is 5.10 Å². The first kappa shape index (κ1) is 17.3. The minimum Gasteiger partial charge on any atom is -0.508 e. The van der Waals surface area contributed by atoms with Crippen LogP contribution in [0.4, 0.5) is 0 Å². The summed E-state index contributed by atoms with van der Waals surface area (Å²) >= 11 is 0. The molecule has 1 N–H and O–H groups in total. The van der Waals surface area contributed by atoms with Gasteiger partial charge in [0, 0.05) is 48.9 Å². The molecule has 0 atom stereocenters. The zero-order valence-electron chi connectivity index (χ0n) is 15.4. The quantitative estimate of drug-likeness (QED) is 0.780. The second-order valence-electron chi connectivity index (χ2n) is 6.95. The molecule has 5 heteroatoms. The van der Waals surface area contributed by atoms with Crippen LogP contribution in [0.5, 0.6) is 5.75 Å². The molecular weight excluding hydrogens is 338 g/mol. The smallest absolute Gasteiger partial charge is 0.227 e. The van der Waals surface area contributed by atoms with E-state index < -0.39 is 0 Å². The molecule has 1 aromatic heterocycles. The number of para-hydroxylation sites is 1. The maximum atomic E-state index is 12.8. The van der Waals surface area contributed by atoms with Gasteiger partial charge in [-0.25, -0.2) is 0 Å². The molecule has 0 saturated heterocycles. The molecule has 4 rings (SSSR count). The summed E-state index contributed by atoms with van der Waals surface area (Å²) in [4.78, 5) is 14.7. The highest BCUT2D eigenvalue weighted by Gasteiger charge is 2.24. The van der Waals surface area contributed by atoms with Gasteiger partial charge < -0.3 is 10.0 Å². The fourth-order valence-corrected chi connectivity index (χ4v) is 3.79. The van der Waals surface area contributed by atoms with Gasteiger partial charge in [-0.3, -0.25) is 9.48 Å². The van der Waals surface area contributed by atoms with E-state index in [2.05, 4.69) is 12.1 Å². The number of phenols is 1. The Morgan fingerprint density at radius 3 is 2.52 bits per heavy atom. The number of hydrogen-bond acceptors (Lipinski definition) is 3. The number of aromatic nitrogens is 2. The van der Waals surface area contributed by atoms with Crippen LogP contribution in [0.2, 0.25) is 0 Å². The molecule has 1 aliphatic heterocycles. The van der Waals surface area contributed by atoms with Crippen LogP contribution in [0, 0.1) is 0 Å². The van der Waals surface area contributed by atoms with Crippen molar-refractivity contribution in [2.75, 3.05) is 13.1 Å². The number of hydrogen-bond donors (Lipinski definition) is 1. The summed E-state index contributed by atoms with van der Waals surface area (Å²) in [5.74, 6) is 0.234. The fraction of sp³-hybridized carbons (Fsp3) is 0.273. The van der Waals surface area contributed by atoms with Crippen LogP contribution in [0.15, 0.2) is 54.6 Å². The molecule has 27 heavy (non-hydrogen) atoms. The number of aromatic hydroxyl groups is 1. The van der Waals surface area contributed by atoms with Crippen LogP contribution in [-0.2, 0) is 31.1 Å². The fourth-order valence-electron chi connectivity index (χ4n) is 3.79. The molecule has 2 aromatic carbocycles. The largest absolute Gasteiger partial charge is 0.508 e. The summed E-state index contributed by atoms with van der Waals surface area (Å²) in [6.07, 6.45) is 1.81. The van der Waals surface area contributed by atoms with Crippen LogP contribution in [0.3, 0.4) is 0 Å². The van der Waals surface area contributed by atoms with Gasteiger partial charge in [-0.15, -0.1) is 0 Å². The highest BCUT2D eigenvalue weighted by Crippen LogP contribution is 2.28. The number of amides is 1. The van der Waals surface area contributed by atoms with Crippen LogP contribution in [-0.4, -0.2) is 38.8 Å². The zero-order valence-corrected chi connectivity index (χ0v) is 15.4. The second kappa shape index (κ2) is 7.27. The van der Waals surface area contributed by atoms with Gasteiger partial charge in [0.25, 0.3) is 0 Å². The van der Waals surface area contributed by atoms with Gasteiger partial charge in [0.15, 0.2) is 0 Å². The Morgan fingerprint density at radius 2 is 1.74 bits per heavy atom. The number of rotatable bonds is 3. The number of fused-ring (bicyclic) bond motifs is 1. The van der Waals surface area contributed by atoms with Crippen molar-refractivity contribution in [3.63, 3.8) is 0 Å². The molecule has 0 saturated carbocycles. The van der Waals surface area contributed by atoms with E-state index >= 15 is 0 Å². The normalized spacial score (nSPS) is 13.9. The molecule has 0 unspecified atom stereocenters. The number of carbonyl (C=O) groups excluding carboxylic acids is 1. The van der Waals surface area contributed by atoms with E-state index in [1.165, 1.54) is 11.3 Å². The molecule has 1 aliphatic rings. The first-order valence-electron chi connectivity index (χ1n) is 9.28. The van der Waals surface area contributed by atoms with Crippen molar-refractivity contribution in [3.05, 3.63) is 71.4 Å². The predicted molar refractivity (Wildman–Crippen MR) is 104 cm³/mol. The van der Waals surface area contributed by atoms with Gasteiger partial charge in [-0.05, 0) is 12.5 Å². The van der Waals surface area contributed by atoms with Gasteiger partial charge in [0.2, 0.25) is 5.91 Å². The molecule has 5 nitrogen and oxygen atoms in total. The van der Waals surface area contributed by atoms with E-state index in [9.17, 15) is 9.90 Å². The SMILES string of the molecule is Cn1nc(-c2ccccc2)c2c1CCN(C(=O)Cc1ccccc1O)CC2. The summed E-state index contributed by atoms with van der Waals surface area (Å²) in [5.41, 5.74) is 5.25. The van der Waals surface area contributed by atoms with Crippen molar-refractivity contribution in [3.8, 4) is 17.0 Å². The van der Waals surface area contributed by atoms with Crippen molar-refractivity contribution in [2.24, 2.45) is 7.05 Å². The number of carbonyl (C=O) groups is 1. The maximum Gasteiger partial charge on any atom is 0.227 e. The van der Waals surface area contributed by atoms with Gasteiger partial charge in [0.05, 0.1) is 12.1 Å². The lowest BCUT2D eigenvalue weighted by atomic mass is 10.0. The number of phenolic OH excluding ortho intramolecular Hbond substituents is 1. The zero-order chi connectivity index (χ0) is 18.8. The lowest BCUT2D eigenvalue weighted by Crippen LogP contribution is -2.34. The average Bonchev–Trinajstić information content (AvgIpc) is 2.86. The Hall–Kier alpha value is -3.08. The summed E-state index contributed by atoms with van der Waals surface area (Å²) in [7, 11) is 1.98. The third-order valence-corrected chi connectivity index (χ3v) is 5.26. The van der Waals surface area contributed by atoms with Gasteiger partial charge >= 0.3 is 0 Å². The Bertz CT molecular complexity index is 963. The number of nitrogens with zero attached hydrogens (tertiary/aromatic N) is 3. The third kappa shape index (κ3) is 3.45. The summed E-state index contributed by atoms with van der Waals surface area (Å²) < 4.78 is 1.95. The highest BCUT2D eigenvalue weighted by atomic mass is 16.3. The molecule has 0 spiro atoms. The summed E-state index contributed by atoms with van der Waals surface area (Å²) in [6, 6.07) is 17.2.